The van der Waals surface area contributed by atoms with E-state index in [2.05, 4.69) is 45.2 Å². The van der Waals surface area contributed by atoms with Crippen LogP contribution in [0, 0.1) is 21.2 Å². The van der Waals surface area contributed by atoms with Crippen molar-refractivity contribution >= 4 is 122 Å². The van der Waals surface area contributed by atoms with Crippen molar-refractivity contribution in [3.05, 3.63) is 56.2 Å². The lowest BCUT2D eigenvalue weighted by atomic mass is 9.90. The summed E-state index contributed by atoms with van der Waals surface area (Å²) >= 11 is 8.38. The van der Waals surface area contributed by atoms with Crippen LogP contribution in [0.1, 0.15) is 5.56 Å². The molecule has 0 aromatic heterocycles. The molecular formula is C24H15F3I4O5S. The molecule has 37 heavy (non-hydrogen) atoms. The monoisotopic (exact) mass is 980 g/mol. The maximum atomic E-state index is 13.4. The molecule has 0 aliphatic heterocycles. The van der Waals surface area contributed by atoms with Gasteiger partial charge < -0.3 is 13.7 Å². The van der Waals surface area contributed by atoms with Crippen LogP contribution in [0.25, 0.3) is 32.7 Å². The van der Waals surface area contributed by atoms with Crippen LogP contribution in [-0.2, 0) is 10.1 Å². The number of fused-ring (bicyclic) bond motifs is 2. The van der Waals surface area contributed by atoms with Crippen LogP contribution in [0.5, 0.6) is 17.2 Å². The van der Waals surface area contributed by atoms with Crippen LogP contribution in [0.4, 0.5) is 13.2 Å². The van der Waals surface area contributed by atoms with E-state index in [1.54, 1.807) is 12.1 Å². The third kappa shape index (κ3) is 5.44. The van der Waals surface area contributed by atoms with Crippen molar-refractivity contribution in [1.29, 1.82) is 0 Å². The fourth-order valence-corrected chi connectivity index (χ4v) is 7.37. The fraction of sp³-hybridized carbons (Fsp3) is 0.167. The summed E-state index contributed by atoms with van der Waals surface area (Å²) < 4.78 is 83.7. The molecule has 0 bridgehead atoms. The molecule has 4 rings (SSSR count). The predicted octanol–water partition coefficient (Wildman–Crippen LogP) is 8.63. The first-order valence-corrected chi connectivity index (χ1v) is 15.9. The summed E-state index contributed by atoms with van der Waals surface area (Å²) in [6.45, 7) is 1.93. The minimum Gasteiger partial charge on any atom is -0.496 e. The average molecular weight is 980 g/mol. The summed E-state index contributed by atoms with van der Waals surface area (Å²) in [6.07, 6.45) is 0. The molecule has 0 fully saturated rings. The van der Waals surface area contributed by atoms with Gasteiger partial charge in [0.25, 0.3) is 0 Å². The Morgan fingerprint density at radius 1 is 0.703 bits per heavy atom. The molecule has 0 aliphatic carbocycles. The molecule has 5 nitrogen and oxygen atoms in total. The van der Waals surface area contributed by atoms with Crippen molar-refractivity contribution in [2.24, 2.45) is 0 Å². The molecule has 0 atom stereocenters. The lowest BCUT2D eigenvalue weighted by Crippen LogP contribution is -2.28. The Morgan fingerprint density at radius 2 is 1.16 bits per heavy atom. The van der Waals surface area contributed by atoms with Crippen molar-refractivity contribution in [3.63, 3.8) is 0 Å². The maximum Gasteiger partial charge on any atom is 0.534 e. The highest BCUT2D eigenvalue weighted by Gasteiger charge is 2.49. The van der Waals surface area contributed by atoms with Gasteiger partial charge in [-0.15, -0.1) is 0 Å². The Bertz CT molecular complexity index is 1690. The second kappa shape index (κ2) is 10.8. The van der Waals surface area contributed by atoms with Crippen molar-refractivity contribution in [1.82, 2.24) is 0 Å². The smallest absolute Gasteiger partial charge is 0.496 e. The number of alkyl halides is 3. The van der Waals surface area contributed by atoms with Gasteiger partial charge >= 0.3 is 15.6 Å². The Balaban J connectivity index is 2.29. The van der Waals surface area contributed by atoms with Crippen LogP contribution in [-0.4, -0.2) is 28.1 Å². The van der Waals surface area contributed by atoms with Gasteiger partial charge in [-0.25, -0.2) is 0 Å². The van der Waals surface area contributed by atoms with Gasteiger partial charge in [0.1, 0.15) is 11.5 Å². The van der Waals surface area contributed by atoms with Gasteiger partial charge in [-0.1, -0.05) is 0 Å². The van der Waals surface area contributed by atoms with Gasteiger partial charge in [0, 0.05) is 36.2 Å². The zero-order valence-electron chi connectivity index (χ0n) is 19.1. The minimum absolute atomic E-state index is 0.163. The Kier molecular flexibility index (Phi) is 8.59. The zero-order valence-corrected chi connectivity index (χ0v) is 28.5. The average Bonchev–Trinajstić information content (AvgIpc) is 2.78. The molecule has 0 unspecified atom stereocenters. The van der Waals surface area contributed by atoms with Gasteiger partial charge in [-0.05, 0) is 150 Å². The topological polar surface area (TPSA) is 61.8 Å². The van der Waals surface area contributed by atoms with Crippen LogP contribution in [0.2, 0.25) is 0 Å². The molecule has 0 saturated carbocycles. The van der Waals surface area contributed by atoms with Crippen LogP contribution in [0.15, 0.2) is 36.4 Å². The summed E-state index contributed by atoms with van der Waals surface area (Å²) in [5, 5.41) is 2.38. The number of aryl methyl sites for hydroxylation is 1. The Morgan fingerprint density at radius 3 is 1.65 bits per heavy atom. The van der Waals surface area contributed by atoms with Gasteiger partial charge in [-0.3, -0.25) is 0 Å². The van der Waals surface area contributed by atoms with Crippen molar-refractivity contribution in [3.8, 4) is 28.4 Å². The van der Waals surface area contributed by atoms with E-state index < -0.39 is 21.4 Å². The van der Waals surface area contributed by atoms with Crippen molar-refractivity contribution < 1.29 is 35.2 Å². The molecule has 0 spiro atoms. The van der Waals surface area contributed by atoms with Gasteiger partial charge in [0.05, 0.1) is 14.2 Å². The number of benzene rings is 4. The normalized spacial score (nSPS) is 12.3. The highest BCUT2D eigenvalue weighted by molar-refractivity contribution is 14.1. The molecule has 0 N–H and O–H groups in total. The molecule has 196 valence electrons. The molecular weight excluding hydrogens is 965 g/mol. The standard InChI is InChI=1S/C24H15F3I4O5S/c1-10-4-11(28)5-13-15(30)8-17(34-2)22(20(10)13)23-18(35-3)9-16(31)14-6-12(29)7-19(21(14)23)36-37(32,33)24(25,26)27/h4-9H,1-3H3. The Labute approximate surface area is 265 Å². The van der Waals surface area contributed by atoms with E-state index in [0.29, 0.717) is 35.2 Å². The van der Waals surface area contributed by atoms with E-state index in [0.717, 1.165) is 23.5 Å². The van der Waals surface area contributed by atoms with E-state index in [1.807, 2.05) is 70.3 Å². The molecule has 4 aromatic carbocycles. The lowest BCUT2D eigenvalue weighted by Gasteiger charge is -2.22. The van der Waals surface area contributed by atoms with Crippen molar-refractivity contribution in [2.45, 2.75) is 12.4 Å². The van der Waals surface area contributed by atoms with Crippen LogP contribution < -0.4 is 13.7 Å². The first kappa shape index (κ1) is 29.4. The quantitative estimate of drug-likeness (QED) is 0.114. The third-order valence-electron chi connectivity index (χ3n) is 5.56. The molecule has 0 saturated heterocycles. The first-order valence-electron chi connectivity index (χ1n) is 10.2. The number of methoxy groups -OCH3 is 2. The fourth-order valence-electron chi connectivity index (χ4n) is 4.12. The number of hydrogen-bond acceptors (Lipinski definition) is 5. The molecule has 0 heterocycles. The van der Waals surface area contributed by atoms with Crippen molar-refractivity contribution in [2.75, 3.05) is 14.2 Å². The first-order chi connectivity index (χ1) is 17.2. The van der Waals surface area contributed by atoms with Gasteiger partial charge in [0.15, 0.2) is 5.75 Å². The van der Waals surface area contributed by atoms with Crippen LogP contribution >= 0.6 is 90.4 Å². The second-order valence-electron chi connectivity index (χ2n) is 7.83. The molecule has 0 amide bonds. The second-order valence-corrected chi connectivity index (χ2v) is 14.2. The SMILES string of the molecule is COc1cc(I)c2cc(I)cc(C)c2c1-c1c(OC)cc(I)c2cc(I)cc(OS(=O)(=O)C(F)(F)F)c12. The summed E-state index contributed by atoms with van der Waals surface area (Å²) in [7, 11) is -3.01. The van der Waals surface area contributed by atoms with E-state index >= 15 is 0 Å². The number of hydrogen-bond donors (Lipinski definition) is 0. The van der Waals surface area contributed by atoms with Gasteiger partial charge in [0.2, 0.25) is 0 Å². The minimum atomic E-state index is -5.95. The zero-order chi connectivity index (χ0) is 27.4. The van der Waals surface area contributed by atoms with Gasteiger partial charge in [-0.2, -0.15) is 21.6 Å². The van der Waals surface area contributed by atoms with E-state index in [1.165, 1.54) is 20.3 Å². The number of halogens is 7. The summed E-state index contributed by atoms with van der Waals surface area (Å²) in [6, 6.07) is 10.6. The maximum absolute atomic E-state index is 13.4. The molecule has 4 aromatic rings. The molecule has 0 radical (unpaired) electrons. The van der Waals surface area contributed by atoms with E-state index in [9.17, 15) is 21.6 Å². The third-order valence-corrected chi connectivity index (χ3v) is 9.56. The largest absolute Gasteiger partial charge is 0.534 e. The number of rotatable bonds is 5. The highest BCUT2D eigenvalue weighted by atomic mass is 127. The predicted molar refractivity (Wildman–Crippen MR) is 171 cm³/mol. The van der Waals surface area contributed by atoms with E-state index in [-0.39, 0.29) is 5.39 Å². The lowest BCUT2D eigenvalue weighted by molar-refractivity contribution is -0.0499. The van der Waals surface area contributed by atoms with Crippen LogP contribution in [0.3, 0.4) is 0 Å². The number of ether oxygens (including phenoxy) is 2. The Hall–Kier alpha value is -0.540. The summed E-state index contributed by atoms with van der Waals surface area (Å²) in [5.74, 6) is 0.319. The summed E-state index contributed by atoms with van der Waals surface area (Å²) in [5.41, 5.74) is -3.78. The van der Waals surface area contributed by atoms with E-state index in [4.69, 9.17) is 13.7 Å². The summed E-state index contributed by atoms with van der Waals surface area (Å²) in [4.78, 5) is 0. The molecule has 13 heteroatoms. The highest BCUT2D eigenvalue weighted by Crippen LogP contribution is 2.51. The molecule has 0 aliphatic rings.